The second kappa shape index (κ2) is 3.67. The molecule has 72 valence electrons. The molecule has 1 N–H and O–H groups in total. The van der Waals surface area contributed by atoms with Gasteiger partial charge < -0.3 is 9.40 Å². The van der Waals surface area contributed by atoms with Crippen molar-refractivity contribution < 1.29 is 9.21 Å². The zero-order chi connectivity index (χ0) is 10.1. The largest absolute Gasteiger partial charge is 0.429 e. The lowest BCUT2D eigenvalue weighted by Gasteiger charge is -1.95. The van der Waals surface area contributed by atoms with E-state index < -0.39 is 0 Å². The molecule has 3 nitrogen and oxygen atoms in total. The lowest BCUT2D eigenvalue weighted by molar-refractivity contribution is 0.102. The molecule has 2 aromatic rings. The van der Waals surface area contributed by atoms with Gasteiger partial charge in [0.25, 0.3) is 4.84 Å². The number of fused-ring (bicyclic) bond motifs is 1. The quantitative estimate of drug-likeness (QED) is 0.519. The number of aromatic nitrogens is 1. The van der Waals surface area contributed by atoms with Crippen molar-refractivity contribution in [2.45, 2.75) is 0 Å². The predicted octanol–water partition coefficient (Wildman–Crippen LogP) is 3.07. The number of carbonyl (C=O) groups excluding carboxylic acids is 1. The summed E-state index contributed by atoms with van der Waals surface area (Å²) in [6, 6.07) is 5.19. The third-order valence-electron chi connectivity index (χ3n) is 1.86. The number of hydrogen-bond donors (Lipinski definition) is 1. The summed E-state index contributed by atoms with van der Waals surface area (Å²) in [6.07, 6.45) is 0. The van der Waals surface area contributed by atoms with Crippen LogP contribution in [0.3, 0.4) is 0 Å². The Balaban J connectivity index is 2.61. The van der Waals surface area contributed by atoms with Crippen LogP contribution in [0.2, 0.25) is 0 Å². The molecule has 0 atom stereocenters. The molecule has 2 rings (SSSR count). The molecule has 0 unspecified atom stereocenters. The standard InChI is InChI=1S/C9H6BrNO2S/c10-4-7(12)5-1-2-8-6(3-5)11-9(14)13-8/h1-3H,4H2,(H,11,14). The first-order valence-corrected chi connectivity index (χ1v) is 5.46. The van der Waals surface area contributed by atoms with Gasteiger partial charge in [0.05, 0.1) is 10.8 Å². The van der Waals surface area contributed by atoms with Gasteiger partial charge in [0.1, 0.15) is 0 Å². The molecular weight excluding hydrogens is 266 g/mol. The Bertz CT molecular complexity index is 543. The number of alkyl halides is 1. The van der Waals surface area contributed by atoms with E-state index in [1.165, 1.54) is 0 Å². The Morgan fingerprint density at radius 1 is 1.57 bits per heavy atom. The van der Waals surface area contributed by atoms with Crippen LogP contribution >= 0.6 is 28.1 Å². The van der Waals surface area contributed by atoms with Crippen molar-refractivity contribution in [2.75, 3.05) is 5.33 Å². The molecule has 1 aromatic heterocycles. The maximum absolute atomic E-state index is 11.3. The second-order valence-corrected chi connectivity index (χ2v) is 3.71. The van der Waals surface area contributed by atoms with E-state index in [9.17, 15) is 4.79 Å². The lowest BCUT2D eigenvalue weighted by Crippen LogP contribution is -1.98. The molecule has 0 radical (unpaired) electrons. The number of H-pyrrole nitrogens is 1. The van der Waals surface area contributed by atoms with Gasteiger partial charge in [0, 0.05) is 5.56 Å². The van der Waals surface area contributed by atoms with E-state index in [-0.39, 0.29) is 5.78 Å². The molecule has 1 aromatic carbocycles. The van der Waals surface area contributed by atoms with Gasteiger partial charge in [-0.25, -0.2) is 0 Å². The second-order valence-electron chi connectivity index (χ2n) is 2.78. The van der Waals surface area contributed by atoms with Crippen LogP contribution in [0.15, 0.2) is 22.6 Å². The first-order chi connectivity index (χ1) is 6.70. The van der Waals surface area contributed by atoms with Gasteiger partial charge in [-0.1, -0.05) is 15.9 Å². The minimum atomic E-state index is 0.0346. The number of benzene rings is 1. The topological polar surface area (TPSA) is 46.0 Å². The van der Waals surface area contributed by atoms with Crippen LogP contribution in [0.5, 0.6) is 0 Å². The monoisotopic (exact) mass is 271 g/mol. The third kappa shape index (κ3) is 1.65. The summed E-state index contributed by atoms with van der Waals surface area (Å²) < 4.78 is 5.17. The van der Waals surface area contributed by atoms with Crippen molar-refractivity contribution in [2.24, 2.45) is 0 Å². The summed E-state index contributed by atoms with van der Waals surface area (Å²) in [5, 5.41) is 0.317. The number of carbonyl (C=O) groups is 1. The predicted molar refractivity (Wildman–Crippen MR) is 59.5 cm³/mol. The molecule has 14 heavy (non-hydrogen) atoms. The SMILES string of the molecule is O=C(CBr)c1ccc2oc(=S)[nH]c2c1. The van der Waals surface area contributed by atoms with Crippen LogP contribution in [0.4, 0.5) is 0 Å². The molecule has 0 amide bonds. The fraction of sp³-hybridized carbons (Fsp3) is 0.111. The maximum Gasteiger partial charge on any atom is 0.266 e. The molecule has 0 spiro atoms. The van der Waals surface area contributed by atoms with Crippen molar-refractivity contribution in [3.05, 3.63) is 28.6 Å². The minimum absolute atomic E-state index is 0.0346. The Morgan fingerprint density at radius 2 is 2.36 bits per heavy atom. The Morgan fingerprint density at radius 3 is 3.07 bits per heavy atom. The first kappa shape index (κ1) is 9.61. The van der Waals surface area contributed by atoms with Crippen molar-refractivity contribution >= 4 is 45.0 Å². The number of hydrogen-bond acceptors (Lipinski definition) is 3. The Hall–Kier alpha value is -0.940. The summed E-state index contributed by atoms with van der Waals surface area (Å²) in [7, 11) is 0. The van der Waals surface area contributed by atoms with Gasteiger partial charge in [-0.2, -0.15) is 0 Å². The van der Waals surface area contributed by atoms with E-state index in [2.05, 4.69) is 20.9 Å². The molecule has 0 saturated heterocycles. The van der Waals surface area contributed by atoms with Crippen molar-refractivity contribution in [3.63, 3.8) is 0 Å². The van der Waals surface area contributed by atoms with Crippen LogP contribution < -0.4 is 0 Å². The number of aromatic amines is 1. The fourth-order valence-electron chi connectivity index (χ4n) is 1.20. The van der Waals surface area contributed by atoms with Gasteiger partial charge in [-0.05, 0) is 30.4 Å². The molecule has 0 saturated carbocycles. The molecule has 0 bridgehead atoms. The van der Waals surface area contributed by atoms with E-state index in [0.29, 0.717) is 21.3 Å². The summed E-state index contributed by atoms with van der Waals surface area (Å²) >= 11 is 7.95. The van der Waals surface area contributed by atoms with Crippen LogP contribution in [-0.4, -0.2) is 16.1 Å². The summed E-state index contributed by atoms with van der Waals surface area (Å²) in [5.74, 6) is 0.0346. The highest BCUT2D eigenvalue weighted by atomic mass is 79.9. The van der Waals surface area contributed by atoms with Crippen molar-refractivity contribution in [1.82, 2.24) is 4.98 Å². The van der Waals surface area contributed by atoms with Crippen LogP contribution in [-0.2, 0) is 0 Å². The zero-order valence-electron chi connectivity index (χ0n) is 7.04. The summed E-state index contributed by atoms with van der Waals surface area (Å²) in [6.45, 7) is 0. The summed E-state index contributed by atoms with van der Waals surface area (Å²) in [4.78, 5) is 14.5. The Kier molecular flexibility index (Phi) is 2.52. The van der Waals surface area contributed by atoms with Crippen molar-refractivity contribution in [3.8, 4) is 0 Å². The molecule has 0 aliphatic carbocycles. The number of Topliss-reactive ketones (excluding diaryl/α,β-unsaturated/α-hetero) is 1. The molecule has 0 aliphatic rings. The number of ketones is 1. The van der Waals surface area contributed by atoms with E-state index in [1.54, 1.807) is 18.2 Å². The van der Waals surface area contributed by atoms with Crippen molar-refractivity contribution in [1.29, 1.82) is 0 Å². The van der Waals surface area contributed by atoms with Gasteiger partial charge in [-0.15, -0.1) is 0 Å². The third-order valence-corrected chi connectivity index (χ3v) is 2.56. The van der Waals surface area contributed by atoms with Crippen LogP contribution in [0.1, 0.15) is 10.4 Å². The summed E-state index contributed by atoms with van der Waals surface area (Å²) in [5.41, 5.74) is 2.06. The van der Waals surface area contributed by atoms with E-state index >= 15 is 0 Å². The normalized spacial score (nSPS) is 10.6. The molecule has 5 heteroatoms. The van der Waals surface area contributed by atoms with Gasteiger partial charge in [0.15, 0.2) is 11.4 Å². The minimum Gasteiger partial charge on any atom is -0.429 e. The van der Waals surface area contributed by atoms with Gasteiger partial charge >= 0.3 is 0 Å². The number of rotatable bonds is 2. The highest BCUT2D eigenvalue weighted by Gasteiger charge is 2.06. The van der Waals surface area contributed by atoms with Gasteiger partial charge in [0.2, 0.25) is 0 Å². The molecule has 1 heterocycles. The average molecular weight is 272 g/mol. The number of oxazole rings is 1. The zero-order valence-corrected chi connectivity index (χ0v) is 9.44. The van der Waals surface area contributed by atoms with E-state index in [1.807, 2.05) is 0 Å². The molecule has 0 fully saturated rings. The highest BCUT2D eigenvalue weighted by Crippen LogP contribution is 2.15. The smallest absolute Gasteiger partial charge is 0.266 e. The Labute approximate surface area is 93.2 Å². The van der Waals surface area contributed by atoms with E-state index in [0.717, 1.165) is 5.52 Å². The molecular formula is C9H6BrNO2S. The fourth-order valence-corrected chi connectivity index (χ4v) is 1.73. The number of nitrogens with one attached hydrogen (secondary N) is 1. The van der Waals surface area contributed by atoms with Gasteiger partial charge in [-0.3, -0.25) is 4.79 Å². The highest BCUT2D eigenvalue weighted by molar-refractivity contribution is 9.09. The number of halogens is 1. The average Bonchev–Trinajstić information content (AvgIpc) is 2.55. The first-order valence-electron chi connectivity index (χ1n) is 3.93. The maximum atomic E-state index is 11.3. The van der Waals surface area contributed by atoms with Crippen LogP contribution in [0.25, 0.3) is 11.1 Å². The molecule has 0 aliphatic heterocycles. The van der Waals surface area contributed by atoms with E-state index in [4.69, 9.17) is 16.6 Å². The lowest BCUT2D eigenvalue weighted by atomic mass is 10.1. The van der Waals surface area contributed by atoms with Crippen LogP contribution in [0, 0.1) is 4.84 Å².